The van der Waals surface area contributed by atoms with Crippen LogP contribution < -0.4 is 0 Å². The van der Waals surface area contributed by atoms with Gasteiger partial charge in [0.05, 0.1) is 34.4 Å². The van der Waals surface area contributed by atoms with Crippen LogP contribution in [0.25, 0.3) is 0 Å². The second kappa shape index (κ2) is 61.3. The van der Waals surface area contributed by atoms with Crippen molar-refractivity contribution in [2.24, 2.45) is 0 Å². The molecule has 0 aliphatic rings. The van der Waals surface area contributed by atoms with Crippen molar-refractivity contribution in [1.82, 2.24) is 0 Å². The molecular formula is C70H130NO8+. The third-order valence-corrected chi connectivity index (χ3v) is 15.1. The van der Waals surface area contributed by atoms with Gasteiger partial charge in [-0.2, -0.15) is 0 Å². The maximum absolute atomic E-state index is 12.8. The summed E-state index contributed by atoms with van der Waals surface area (Å²) in [5.74, 6) is -2.01. The van der Waals surface area contributed by atoms with E-state index in [0.29, 0.717) is 23.9 Å². The number of carbonyl (C=O) groups excluding carboxylic acids is 2. The number of allylic oxidation sites excluding steroid dienone is 8. The fourth-order valence-electron chi connectivity index (χ4n) is 9.91. The maximum atomic E-state index is 12.8. The third kappa shape index (κ3) is 62.7. The van der Waals surface area contributed by atoms with Crippen LogP contribution in [0, 0.1) is 0 Å². The summed E-state index contributed by atoms with van der Waals surface area (Å²) in [6, 6.07) is 0. The van der Waals surface area contributed by atoms with Crippen LogP contribution in [0.15, 0.2) is 48.6 Å². The quantitative estimate of drug-likeness (QED) is 0.0211. The van der Waals surface area contributed by atoms with E-state index in [1.165, 1.54) is 218 Å². The Balaban J connectivity index is 3.91. The molecule has 0 saturated heterocycles. The highest BCUT2D eigenvalue weighted by Gasteiger charge is 2.25. The van der Waals surface area contributed by atoms with Gasteiger partial charge in [-0.15, -0.1) is 0 Å². The van der Waals surface area contributed by atoms with Crippen molar-refractivity contribution in [1.29, 1.82) is 0 Å². The van der Waals surface area contributed by atoms with Crippen molar-refractivity contribution in [2.45, 2.75) is 334 Å². The van der Waals surface area contributed by atoms with Gasteiger partial charge in [0.25, 0.3) is 6.29 Å². The number of carboxylic acids is 1. The molecule has 79 heavy (non-hydrogen) atoms. The molecule has 2 atom stereocenters. The number of aliphatic carboxylic acids is 1. The predicted molar refractivity (Wildman–Crippen MR) is 337 cm³/mol. The molecule has 0 fully saturated rings. The summed E-state index contributed by atoms with van der Waals surface area (Å²) in [4.78, 5) is 37.4. The monoisotopic (exact) mass is 1110 g/mol. The first kappa shape index (κ1) is 76.2. The molecule has 9 heteroatoms. The largest absolute Gasteiger partial charge is 0.477 e. The summed E-state index contributed by atoms with van der Waals surface area (Å²) < 4.78 is 22.9. The van der Waals surface area contributed by atoms with Crippen molar-refractivity contribution < 1.29 is 42.9 Å². The van der Waals surface area contributed by atoms with E-state index in [0.717, 1.165) is 70.6 Å². The van der Waals surface area contributed by atoms with E-state index in [4.69, 9.17) is 18.9 Å². The number of ether oxygens (including phenoxy) is 4. The Morgan fingerprint density at radius 1 is 0.392 bits per heavy atom. The highest BCUT2D eigenvalue weighted by Crippen LogP contribution is 2.18. The van der Waals surface area contributed by atoms with E-state index in [9.17, 15) is 19.5 Å². The van der Waals surface area contributed by atoms with Crippen LogP contribution in [0.4, 0.5) is 0 Å². The maximum Gasteiger partial charge on any atom is 0.361 e. The summed E-state index contributed by atoms with van der Waals surface area (Å²) in [5, 5.41) is 9.70. The van der Waals surface area contributed by atoms with E-state index in [2.05, 4.69) is 62.5 Å². The van der Waals surface area contributed by atoms with Gasteiger partial charge in [0.1, 0.15) is 13.2 Å². The lowest BCUT2D eigenvalue weighted by atomic mass is 10.0. The first-order valence-electron chi connectivity index (χ1n) is 33.8. The molecule has 0 aromatic rings. The van der Waals surface area contributed by atoms with Crippen LogP contribution in [-0.4, -0.2) is 87.4 Å². The van der Waals surface area contributed by atoms with E-state index in [1.807, 2.05) is 21.1 Å². The van der Waals surface area contributed by atoms with Gasteiger partial charge in [0.15, 0.2) is 6.10 Å². The van der Waals surface area contributed by atoms with Crippen LogP contribution >= 0.6 is 0 Å². The average Bonchev–Trinajstić information content (AvgIpc) is 3.42. The molecule has 0 spiro atoms. The minimum atomic E-state index is -1.51. The second-order valence-corrected chi connectivity index (χ2v) is 24.1. The van der Waals surface area contributed by atoms with Crippen molar-refractivity contribution in [2.75, 3.05) is 47.5 Å². The van der Waals surface area contributed by atoms with Gasteiger partial charge < -0.3 is 28.5 Å². The number of unbranched alkanes of at least 4 members (excludes halogenated alkanes) is 40. The van der Waals surface area contributed by atoms with Gasteiger partial charge in [-0.1, -0.05) is 287 Å². The molecule has 0 aliphatic heterocycles. The number of rotatable bonds is 63. The summed E-state index contributed by atoms with van der Waals surface area (Å²) in [6.07, 6.45) is 75.4. The van der Waals surface area contributed by atoms with Crippen molar-refractivity contribution in [3.8, 4) is 0 Å². The smallest absolute Gasteiger partial charge is 0.361 e. The Labute approximate surface area is 489 Å². The summed E-state index contributed by atoms with van der Waals surface area (Å²) in [5.41, 5.74) is 0. The molecule has 0 aliphatic carbocycles. The Morgan fingerprint density at radius 2 is 0.722 bits per heavy atom. The Bertz CT molecular complexity index is 1430. The standard InChI is InChI=1S/C70H129NO8/c1-6-8-10-12-14-16-18-20-22-23-24-25-26-27-28-29-30-31-32-33-34-35-36-37-38-39-40-41-42-43-44-45-47-48-50-52-54-56-58-60-67(72)77-64-66(65-78-70(69(74)75)76-63-62-71(3,4)5)79-68(73)61-59-57-55-53-51-49-46-21-19-17-15-13-11-9-7-2/h9,11,15,17,21,23-24,46,66,70H,6-8,10,12-14,16,18-20,22,25-45,47-65H2,1-5H3/p+1/b11-9-,17-15-,24-23-,46-21-. The number of carboxylic acid groups (broad SMARTS) is 1. The lowest BCUT2D eigenvalue weighted by Gasteiger charge is -2.25. The number of likely N-dealkylation sites (N-methyl/N-ethyl adjacent to an activating group) is 1. The zero-order chi connectivity index (χ0) is 57.6. The Morgan fingerprint density at radius 3 is 1.09 bits per heavy atom. The molecule has 0 aromatic carbocycles. The lowest BCUT2D eigenvalue weighted by Crippen LogP contribution is -2.40. The van der Waals surface area contributed by atoms with Gasteiger partial charge >= 0.3 is 17.9 Å². The fraction of sp³-hybridized carbons (Fsp3) is 0.843. The van der Waals surface area contributed by atoms with Crippen molar-refractivity contribution in [3.63, 3.8) is 0 Å². The number of nitrogens with zero attached hydrogens (tertiary/aromatic N) is 1. The van der Waals surface area contributed by atoms with Gasteiger partial charge in [-0.3, -0.25) is 9.59 Å². The second-order valence-electron chi connectivity index (χ2n) is 24.1. The lowest BCUT2D eigenvalue weighted by molar-refractivity contribution is -0.870. The predicted octanol–water partition coefficient (Wildman–Crippen LogP) is 20.6. The van der Waals surface area contributed by atoms with Gasteiger partial charge in [0, 0.05) is 12.8 Å². The number of carbonyl (C=O) groups is 3. The Hall–Kier alpha value is -2.75. The highest BCUT2D eigenvalue weighted by atomic mass is 16.7. The van der Waals surface area contributed by atoms with Gasteiger partial charge in [-0.05, 0) is 70.6 Å². The minimum Gasteiger partial charge on any atom is -0.477 e. The molecule has 0 bridgehead atoms. The van der Waals surface area contributed by atoms with Crippen LogP contribution in [0.3, 0.4) is 0 Å². The molecule has 462 valence electrons. The molecule has 0 radical (unpaired) electrons. The molecule has 0 rings (SSSR count). The van der Waals surface area contributed by atoms with Crippen LogP contribution in [0.5, 0.6) is 0 Å². The number of hydrogen-bond acceptors (Lipinski definition) is 7. The number of hydrogen-bond donors (Lipinski definition) is 1. The Kier molecular flexibility index (Phi) is 59.2. The van der Waals surface area contributed by atoms with Gasteiger partial charge in [0.2, 0.25) is 0 Å². The number of esters is 2. The van der Waals surface area contributed by atoms with E-state index >= 15 is 0 Å². The van der Waals surface area contributed by atoms with E-state index in [-0.39, 0.29) is 32.2 Å². The normalized spacial score (nSPS) is 13.0. The summed E-state index contributed by atoms with van der Waals surface area (Å²) >= 11 is 0. The van der Waals surface area contributed by atoms with Crippen LogP contribution in [0.1, 0.15) is 322 Å². The molecule has 0 amide bonds. The third-order valence-electron chi connectivity index (χ3n) is 15.1. The molecular weight excluding hydrogens is 983 g/mol. The zero-order valence-electron chi connectivity index (χ0n) is 52.8. The van der Waals surface area contributed by atoms with Crippen molar-refractivity contribution >= 4 is 17.9 Å². The molecule has 0 heterocycles. The van der Waals surface area contributed by atoms with Crippen molar-refractivity contribution in [3.05, 3.63) is 48.6 Å². The molecule has 9 nitrogen and oxygen atoms in total. The molecule has 0 saturated carbocycles. The van der Waals surface area contributed by atoms with Gasteiger partial charge in [-0.25, -0.2) is 4.79 Å². The average molecular weight is 1110 g/mol. The highest BCUT2D eigenvalue weighted by molar-refractivity contribution is 5.71. The van der Waals surface area contributed by atoms with Crippen LogP contribution in [0.2, 0.25) is 0 Å². The SMILES string of the molecule is CC/C=C\C/C=C\C/C=C\CCCCCCCC(=O)OC(COC(=O)CCCCCCCCCCCCCCCCCCCCCCCCCCCCC/C=C\CCCCCCCCCC)COC(OCC[N+](C)(C)C)C(=O)O. The van der Waals surface area contributed by atoms with E-state index in [1.54, 1.807) is 0 Å². The topological polar surface area (TPSA) is 108 Å². The zero-order valence-corrected chi connectivity index (χ0v) is 52.8. The van der Waals surface area contributed by atoms with E-state index < -0.39 is 24.3 Å². The van der Waals surface area contributed by atoms with Crippen LogP contribution in [-0.2, 0) is 33.3 Å². The molecule has 1 N–H and O–H groups in total. The molecule has 2 unspecified atom stereocenters. The first-order chi connectivity index (χ1) is 38.6. The number of quaternary nitrogens is 1. The first-order valence-corrected chi connectivity index (χ1v) is 33.8. The molecule has 0 aromatic heterocycles. The minimum absolute atomic E-state index is 0.184. The summed E-state index contributed by atoms with van der Waals surface area (Å²) in [6.45, 7) is 4.78. The summed E-state index contributed by atoms with van der Waals surface area (Å²) in [7, 11) is 5.97. The fourth-order valence-corrected chi connectivity index (χ4v) is 9.91.